The third-order valence-corrected chi connectivity index (χ3v) is 2.88. The summed E-state index contributed by atoms with van der Waals surface area (Å²) in [6.07, 6.45) is 0.644. The standard InChI is InChI=1S/C12H12FNO5/c13-10-5-9(14(16)17)1-2-12(10)19-7-11(15)8-3-4-18-6-8/h1-2,5,8H,3-4,6-7H2. The summed E-state index contributed by atoms with van der Waals surface area (Å²) < 4.78 is 23.6. The number of ketones is 1. The zero-order chi connectivity index (χ0) is 13.8. The summed E-state index contributed by atoms with van der Waals surface area (Å²) in [6, 6.07) is 3.03. The number of non-ortho nitro benzene ring substituents is 1. The highest BCUT2D eigenvalue weighted by Gasteiger charge is 2.24. The van der Waals surface area contributed by atoms with E-state index in [9.17, 15) is 19.3 Å². The van der Waals surface area contributed by atoms with Crippen LogP contribution in [-0.4, -0.2) is 30.5 Å². The summed E-state index contributed by atoms with van der Waals surface area (Å²) in [5, 5.41) is 10.4. The van der Waals surface area contributed by atoms with Crippen molar-refractivity contribution in [3.63, 3.8) is 0 Å². The fraction of sp³-hybridized carbons (Fsp3) is 0.417. The third-order valence-electron chi connectivity index (χ3n) is 2.88. The summed E-state index contributed by atoms with van der Waals surface area (Å²) in [7, 11) is 0. The Morgan fingerprint density at radius 3 is 2.95 bits per heavy atom. The average molecular weight is 269 g/mol. The summed E-state index contributed by atoms with van der Waals surface area (Å²) in [4.78, 5) is 21.4. The van der Waals surface area contributed by atoms with Crippen molar-refractivity contribution < 1.29 is 23.6 Å². The van der Waals surface area contributed by atoms with Crippen LogP contribution in [0.2, 0.25) is 0 Å². The minimum absolute atomic E-state index is 0.157. The van der Waals surface area contributed by atoms with Gasteiger partial charge in [-0.1, -0.05) is 0 Å². The highest BCUT2D eigenvalue weighted by atomic mass is 19.1. The number of nitro benzene ring substituents is 1. The van der Waals surface area contributed by atoms with Gasteiger partial charge in [0, 0.05) is 18.6 Å². The molecule has 0 radical (unpaired) electrons. The summed E-state index contributed by atoms with van der Waals surface area (Å²) in [5.74, 6) is -1.39. The van der Waals surface area contributed by atoms with Crippen molar-refractivity contribution in [3.8, 4) is 5.75 Å². The van der Waals surface area contributed by atoms with Crippen LogP contribution in [0.5, 0.6) is 5.75 Å². The molecule has 1 unspecified atom stereocenters. The molecule has 0 spiro atoms. The normalized spacial score (nSPS) is 18.3. The first-order valence-electron chi connectivity index (χ1n) is 5.75. The van der Waals surface area contributed by atoms with E-state index >= 15 is 0 Å². The molecule has 0 bridgehead atoms. The Bertz CT molecular complexity index is 499. The van der Waals surface area contributed by atoms with Gasteiger partial charge in [-0.2, -0.15) is 0 Å². The SMILES string of the molecule is O=C(COc1ccc([N+](=O)[O-])cc1F)C1CCOC1. The van der Waals surface area contributed by atoms with Crippen molar-refractivity contribution in [1.82, 2.24) is 0 Å². The van der Waals surface area contributed by atoms with Crippen molar-refractivity contribution >= 4 is 11.5 Å². The topological polar surface area (TPSA) is 78.7 Å². The van der Waals surface area contributed by atoms with Gasteiger partial charge in [0.25, 0.3) is 5.69 Å². The second-order valence-electron chi connectivity index (χ2n) is 4.19. The molecule has 1 fully saturated rings. The molecule has 0 saturated carbocycles. The number of Topliss-reactive ketones (excluding diaryl/α,β-unsaturated/α-hetero) is 1. The molecule has 1 aliphatic rings. The van der Waals surface area contributed by atoms with Gasteiger partial charge < -0.3 is 9.47 Å². The fourth-order valence-corrected chi connectivity index (χ4v) is 1.78. The van der Waals surface area contributed by atoms with Gasteiger partial charge in [0.15, 0.2) is 17.3 Å². The van der Waals surface area contributed by atoms with Crippen LogP contribution in [0.25, 0.3) is 0 Å². The molecule has 2 rings (SSSR count). The van der Waals surface area contributed by atoms with Crippen LogP contribution < -0.4 is 4.74 Å². The quantitative estimate of drug-likeness (QED) is 0.600. The Balaban J connectivity index is 1.95. The van der Waals surface area contributed by atoms with E-state index in [2.05, 4.69) is 0 Å². The molecule has 0 aromatic heterocycles. The van der Waals surface area contributed by atoms with E-state index in [1.165, 1.54) is 0 Å². The largest absolute Gasteiger partial charge is 0.483 e. The number of carbonyl (C=O) groups excluding carboxylic acids is 1. The van der Waals surface area contributed by atoms with Gasteiger partial charge in [-0.05, 0) is 12.5 Å². The molecule has 6 nitrogen and oxygen atoms in total. The summed E-state index contributed by atoms with van der Waals surface area (Å²) in [6.45, 7) is 0.649. The smallest absolute Gasteiger partial charge is 0.272 e. The molecular weight excluding hydrogens is 257 g/mol. The Kier molecular flexibility index (Phi) is 4.06. The molecule has 1 heterocycles. The molecule has 1 aliphatic heterocycles. The average Bonchev–Trinajstić information content (AvgIpc) is 2.90. The first-order chi connectivity index (χ1) is 9.08. The number of halogens is 1. The molecule has 102 valence electrons. The van der Waals surface area contributed by atoms with E-state index in [1.54, 1.807) is 0 Å². The lowest BCUT2D eigenvalue weighted by molar-refractivity contribution is -0.385. The molecule has 1 aromatic carbocycles. The number of nitrogens with zero attached hydrogens (tertiary/aromatic N) is 1. The van der Waals surface area contributed by atoms with E-state index in [0.29, 0.717) is 19.6 Å². The minimum Gasteiger partial charge on any atom is -0.483 e. The molecule has 0 N–H and O–H groups in total. The van der Waals surface area contributed by atoms with Gasteiger partial charge in [0.05, 0.1) is 17.6 Å². The van der Waals surface area contributed by atoms with Crippen molar-refractivity contribution in [3.05, 3.63) is 34.1 Å². The van der Waals surface area contributed by atoms with E-state index < -0.39 is 10.7 Å². The van der Waals surface area contributed by atoms with Crippen LogP contribution in [0.15, 0.2) is 18.2 Å². The van der Waals surface area contributed by atoms with Gasteiger partial charge in [0.1, 0.15) is 6.61 Å². The van der Waals surface area contributed by atoms with Crippen molar-refractivity contribution in [2.75, 3.05) is 19.8 Å². The van der Waals surface area contributed by atoms with E-state index in [1.807, 2.05) is 0 Å². The highest BCUT2D eigenvalue weighted by molar-refractivity contribution is 5.82. The maximum absolute atomic E-state index is 13.5. The minimum atomic E-state index is -0.857. The molecule has 1 saturated heterocycles. The number of ether oxygens (including phenoxy) is 2. The first kappa shape index (κ1) is 13.4. The van der Waals surface area contributed by atoms with Gasteiger partial charge in [-0.15, -0.1) is 0 Å². The predicted octanol–water partition coefficient (Wildman–Crippen LogP) is 1.72. The molecule has 1 aromatic rings. The molecule has 0 amide bonds. The zero-order valence-electron chi connectivity index (χ0n) is 10.0. The van der Waals surface area contributed by atoms with Crippen molar-refractivity contribution in [2.45, 2.75) is 6.42 Å². The number of rotatable bonds is 5. The van der Waals surface area contributed by atoms with Crippen LogP contribution in [-0.2, 0) is 9.53 Å². The lowest BCUT2D eigenvalue weighted by atomic mass is 10.0. The van der Waals surface area contributed by atoms with E-state index in [0.717, 1.165) is 18.2 Å². The number of hydrogen-bond donors (Lipinski definition) is 0. The van der Waals surface area contributed by atoms with Crippen LogP contribution >= 0.6 is 0 Å². The van der Waals surface area contributed by atoms with E-state index in [-0.39, 0.29) is 29.7 Å². The lowest BCUT2D eigenvalue weighted by Crippen LogP contribution is -2.21. The number of carbonyl (C=O) groups is 1. The van der Waals surface area contributed by atoms with Crippen molar-refractivity contribution in [2.24, 2.45) is 5.92 Å². The Labute approximate surface area is 108 Å². The number of hydrogen-bond acceptors (Lipinski definition) is 5. The molecular formula is C12H12FNO5. The third kappa shape index (κ3) is 3.25. The summed E-state index contributed by atoms with van der Waals surface area (Å²) >= 11 is 0. The summed E-state index contributed by atoms with van der Waals surface area (Å²) in [5.41, 5.74) is -0.361. The van der Waals surface area contributed by atoms with Gasteiger partial charge in [0.2, 0.25) is 0 Å². The van der Waals surface area contributed by atoms with Crippen LogP contribution in [0.4, 0.5) is 10.1 Å². The monoisotopic (exact) mass is 269 g/mol. The van der Waals surface area contributed by atoms with Crippen LogP contribution in [0, 0.1) is 21.8 Å². The van der Waals surface area contributed by atoms with Crippen LogP contribution in [0.1, 0.15) is 6.42 Å². The fourth-order valence-electron chi connectivity index (χ4n) is 1.78. The highest BCUT2D eigenvalue weighted by Crippen LogP contribution is 2.23. The maximum atomic E-state index is 13.5. The van der Waals surface area contributed by atoms with Gasteiger partial charge >= 0.3 is 0 Å². The second-order valence-corrected chi connectivity index (χ2v) is 4.19. The number of benzene rings is 1. The zero-order valence-corrected chi connectivity index (χ0v) is 10.0. The Morgan fingerprint density at radius 2 is 2.37 bits per heavy atom. The van der Waals surface area contributed by atoms with Crippen LogP contribution in [0.3, 0.4) is 0 Å². The van der Waals surface area contributed by atoms with E-state index in [4.69, 9.17) is 9.47 Å². The second kappa shape index (κ2) is 5.75. The molecule has 0 aliphatic carbocycles. The van der Waals surface area contributed by atoms with Crippen molar-refractivity contribution in [1.29, 1.82) is 0 Å². The lowest BCUT2D eigenvalue weighted by Gasteiger charge is -2.09. The Morgan fingerprint density at radius 1 is 1.58 bits per heavy atom. The van der Waals surface area contributed by atoms with Gasteiger partial charge in [-0.25, -0.2) is 4.39 Å². The van der Waals surface area contributed by atoms with Gasteiger partial charge in [-0.3, -0.25) is 14.9 Å². The molecule has 19 heavy (non-hydrogen) atoms. The predicted molar refractivity (Wildman–Crippen MR) is 62.5 cm³/mol. The molecule has 1 atom stereocenters. The first-order valence-corrected chi connectivity index (χ1v) is 5.75. The maximum Gasteiger partial charge on any atom is 0.272 e. The Hall–Kier alpha value is -2.02. The molecule has 7 heteroatoms. The number of nitro groups is 1.